The Balaban J connectivity index is 1.59. The fourth-order valence-corrected chi connectivity index (χ4v) is 3.72. The molecule has 0 bridgehead atoms. The van der Waals surface area contributed by atoms with Gasteiger partial charge >= 0.3 is 5.97 Å². The summed E-state index contributed by atoms with van der Waals surface area (Å²) in [7, 11) is 0. The summed E-state index contributed by atoms with van der Waals surface area (Å²) in [4.78, 5) is 14.9. The van der Waals surface area contributed by atoms with Gasteiger partial charge in [0, 0.05) is 23.4 Å². The zero-order valence-corrected chi connectivity index (χ0v) is 12.7. The molecule has 6 heteroatoms. The molecule has 21 heavy (non-hydrogen) atoms. The monoisotopic (exact) mass is 306 g/mol. The average molecular weight is 306 g/mol. The molecule has 3 rings (SSSR count). The minimum Gasteiger partial charge on any atom is -0.477 e. The van der Waals surface area contributed by atoms with Crippen molar-refractivity contribution in [3.05, 3.63) is 39.4 Å². The molecule has 2 aromatic rings. The topological polar surface area (TPSA) is 66.6 Å². The van der Waals surface area contributed by atoms with Crippen molar-refractivity contribution in [1.29, 1.82) is 0 Å². The van der Waals surface area contributed by atoms with Gasteiger partial charge in [-0.2, -0.15) is 0 Å². The van der Waals surface area contributed by atoms with Gasteiger partial charge < -0.3 is 9.63 Å². The summed E-state index contributed by atoms with van der Waals surface area (Å²) < 4.78 is 4.91. The van der Waals surface area contributed by atoms with Crippen LogP contribution in [0.15, 0.2) is 22.9 Å². The molecule has 3 heterocycles. The van der Waals surface area contributed by atoms with Crippen LogP contribution in [-0.2, 0) is 6.54 Å². The summed E-state index contributed by atoms with van der Waals surface area (Å²) in [5.41, 5.74) is 2.19. The van der Waals surface area contributed by atoms with E-state index < -0.39 is 5.97 Å². The smallest absolute Gasteiger partial charge is 0.345 e. The molecule has 0 radical (unpaired) electrons. The second-order valence-corrected chi connectivity index (χ2v) is 6.73. The average Bonchev–Trinajstić information content (AvgIpc) is 3.10. The van der Waals surface area contributed by atoms with E-state index in [0.29, 0.717) is 10.8 Å². The number of thiophene rings is 1. The van der Waals surface area contributed by atoms with Gasteiger partial charge in [0.2, 0.25) is 0 Å². The summed E-state index contributed by atoms with van der Waals surface area (Å²) in [6.45, 7) is 4.85. The number of nitrogens with zero attached hydrogens (tertiary/aromatic N) is 2. The molecule has 112 valence electrons. The summed E-state index contributed by atoms with van der Waals surface area (Å²) in [6.07, 6.45) is 3.77. The lowest BCUT2D eigenvalue weighted by Crippen LogP contribution is -2.32. The van der Waals surface area contributed by atoms with Gasteiger partial charge in [-0.1, -0.05) is 5.16 Å². The summed E-state index contributed by atoms with van der Waals surface area (Å²) in [5, 5.41) is 13.1. The Labute approximate surface area is 127 Å². The molecule has 5 nitrogen and oxygen atoms in total. The van der Waals surface area contributed by atoms with E-state index in [0.717, 1.165) is 48.6 Å². The maximum Gasteiger partial charge on any atom is 0.345 e. The molecule has 1 saturated heterocycles. The van der Waals surface area contributed by atoms with Crippen molar-refractivity contribution in [2.24, 2.45) is 0 Å². The first-order valence-corrected chi connectivity index (χ1v) is 7.90. The third-order valence-corrected chi connectivity index (χ3v) is 5.17. The van der Waals surface area contributed by atoms with Crippen LogP contribution in [0.25, 0.3) is 0 Å². The lowest BCUT2D eigenvalue weighted by Gasteiger charge is -2.30. The molecule has 0 atom stereocenters. The number of aromatic nitrogens is 1. The summed E-state index contributed by atoms with van der Waals surface area (Å²) in [5.74, 6) is -0.350. The van der Waals surface area contributed by atoms with Crippen LogP contribution in [0.4, 0.5) is 0 Å². The highest BCUT2D eigenvalue weighted by atomic mass is 32.1. The quantitative estimate of drug-likeness (QED) is 0.940. The normalized spacial score (nSPS) is 17.2. The van der Waals surface area contributed by atoms with Crippen molar-refractivity contribution in [1.82, 2.24) is 10.1 Å². The maximum atomic E-state index is 11.0. The van der Waals surface area contributed by atoms with Crippen molar-refractivity contribution < 1.29 is 14.4 Å². The van der Waals surface area contributed by atoms with Crippen LogP contribution in [0.2, 0.25) is 0 Å². The Morgan fingerprint density at radius 1 is 1.52 bits per heavy atom. The highest BCUT2D eigenvalue weighted by Crippen LogP contribution is 2.29. The SMILES string of the molecule is Cc1sc(C(=O)O)cc1CN1CCC(c2ccon2)CC1. The largest absolute Gasteiger partial charge is 0.477 e. The number of rotatable bonds is 4. The van der Waals surface area contributed by atoms with Crippen LogP contribution in [0.5, 0.6) is 0 Å². The second-order valence-electron chi connectivity index (χ2n) is 5.47. The molecule has 2 aromatic heterocycles. The molecule has 1 fully saturated rings. The molecule has 0 saturated carbocycles. The van der Waals surface area contributed by atoms with Crippen LogP contribution in [0.1, 0.15) is 44.6 Å². The van der Waals surface area contributed by atoms with Gasteiger partial charge in [-0.25, -0.2) is 4.79 Å². The van der Waals surface area contributed by atoms with Gasteiger partial charge in [-0.05, 0) is 44.5 Å². The standard InChI is InChI=1S/C15H18N2O3S/c1-10-12(8-14(21-10)15(18)19)9-17-5-2-11(3-6-17)13-4-7-20-16-13/h4,7-8,11H,2-3,5-6,9H2,1H3,(H,18,19). The van der Waals surface area contributed by atoms with E-state index >= 15 is 0 Å². The number of carboxylic acid groups (broad SMARTS) is 1. The van der Waals surface area contributed by atoms with Gasteiger partial charge in [0.05, 0.1) is 5.69 Å². The highest BCUT2D eigenvalue weighted by Gasteiger charge is 2.23. The molecule has 0 spiro atoms. The first-order valence-electron chi connectivity index (χ1n) is 7.08. The van der Waals surface area contributed by atoms with Crippen molar-refractivity contribution in [3.63, 3.8) is 0 Å². The Kier molecular flexibility index (Phi) is 4.07. The zero-order chi connectivity index (χ0) is 14.8. The minimum atomic E-state index is -0.834. The number of carboxylic acids is 1. The molecular formula is C15H18N2O3S. The van der Waals surface area contributed by atoms with E-state index in [1.54, 1.807) is 6.26 Å². The van der Waals surface area contributed by atoms with E-state index in [1.165, 1.54) is 11.3 Å². The maximum absolute atomic E-state index is 11.0. The molecule has 0 aliphatic carbocycles. The molecular weight excluding hydrogens is 288 g/mol. The van der Waals surface area contributed by atoms with Gasteiger partial charge in [-0.3, -0.25) is 4.90 Å². The van der Waals surface area contributed by atoms with Gasteiger partial charge in [0.15, 0.2) is 0 Å². The first kappa shape index (κ1) is 14.3. The lowest BCUT2D eigenvalue weighted by atomic mass is 9.93. The van der Waals surface area contributed by atoms with Crippen LogP contribution >= 0.6 is 11.3 Å². The summed E-state index contributed by atoms with van der Waals surface area (Å²) in [6, 6.07) is 3.76. The lowest BCUT2D eigenvalue weighted by molar-refractivity contribution is 0.0702. The third kappa shape index (κ3) is 3.16. The van der Waals surface area contributed by atoms with Crippen molar-refractivity contribution in [2.75, 3.05) is 13.1 Å². The number of aryl methyl sites for hydroxylation is 1. The fraction of sp³-hybridized carbons (Fsp3) is 0.467. The van der Waals surface area contributed by atoms with Gasteiger partial charge in [0.25, 0.3) is 0 Å². The second kappa shape index (κ2) is 5.99. The van der Waals surface area contributed by atoms with Crippen LogP contribution in [-0.4, -0.2) is 34.2 Å². The number of piperidine rings is 1. The van der Waals surface area contributed by atoms with Gasteiger partial charge in [-0.15, -0.1) is 11.3 Å². The van der Waals surface area contributed by atoms with Crippen molar-refractivity contribution >= 4 is 17.3 Å². The van der Waals surface area contributed by atoms with Crippen molar-refractivity contribution in [3.8, 4) is 0 Å². The Morgan fingerprint density at radius 2 is 2.29 bits per heavy atom. The van der Waals surface area contributed by atoms with E-state index in [2.05, 4.69) is 10.1 Å². The van der Waals surface area contributed by atoms with E-state index in [1.807, 2.05) is 19.1 Å². The number of aromatic carboxylic acids is 1. The molecule has 0 unspecified atom stereocenters. The molecule has 0 aromatic carbocycles. The molecule has 1 N–H and O–H groups in total. The van der Waals surface area contributed by atoms with E-state index in [9.17, 15) is 4.79 Å². The number of likely N-dealkylation sites (tertiary alicyclic amines) is 1. The van der Waals surface area contributed by atoms with Gasteiger partial charge in [0.1, 0.15) is 11.1 Å². The highest BCUT2D eigenvalue weighted by molar-refractivity contribution is 7.14. The number of carbonyl (C=O) groups is 1. The van der Waals surface area contributed by atoms with E-state index in [-0.39, 0.29) is 0 Å². The van der Waals surface area contributed by atoms with Crippen LogP contribution in [0.3, 0.4) is 0 Å². The zero-order valence-electron chi connectivity index (χ0n) is 11.9. The predicted octanol–water partition coefficient (Wildman–Crippen LogP) is 3.12. The van der Waals surface area contributed by atoms with E-state index in [4.69, 9.17) is 9.63 Å². The van der Waals surface area contributed by atoms with Crippen molar-refractivity contribution in [2.45, 2.75) is 32.2 Å². The Bertz CT molecular complexity index is 613. The Hall–Kier alpha value is -1.66. The number of hydrogen-bond acceptors (Lipinski definition) is 5. The fourth-order valence-electron chi connectivity index (χ4n) is 2.84. The third-order valence-electron chi connectivity index (χ3n) is 4.09. The Morgan fingerprint density at radius 3 is 2.86 bits per heavy atom. The summed E-state index contributed by atoms with van der Waals surface area (Å²) >= 11 is 1.36. The molecule has 1 aliphatic rings. The van der Waals surface area contributed by atoms with Crippen LogP contribution < -0.4 is 0 Å². The first-order chi connectivity index (χ1) is 10.1. The van der Waals surface area contributed by atoms with Crippen LogP contribution in [0, 0.1) is 6.92 Å². The predicted molar refractivity (Wildman–Crippen MR) is 79.8 cm³/mol. The molecule has 0 amide bonds. The minimum absolute atomic E-state index is 0.431. The number of hydrogen-bond donors (Lipinski definition) is 1. The molecule has 1 aliphatic heterocycles.